The second-order valence-corrected chi connectivity index (χ2v) is 7.99. The second kappa shape index (κ2) is 8.32. The first kappa shape index (κ1) is 20.8. The molecule has 3 aromatic rings. The van der Waals surface area contributed by atoms with E-state index in [9.17, 15) is 9.59 Å². The number of methoxy groups -OCH3 is 1. The van der Waals surface area contributed by atoms with Crippen LogP contribution in [0.4, 0.5) is 5.69 Å². The smallest absolute Gasteiger partial charge is 0.270 e. The van der Waals surface area contributed by atoms with Crippen molar-refractivity contribution in [2.45, 2.75) is 19.8 Å². The number of fused-ring (bicyclic) bond motifs is 1. The van der Waals surface area contributed by atoms with E-state index in [0.717, 1.165) is 16.3 Å². The summed E-state index contributed by atoms with van der Waals surface area (Å²) < 4.78 is 5.51. The molecule has 1 N–H and O–H groups in total. The first-order chi connectivity index (χ1) is 14.9. The van der Waals surface area contributed by atoms with Crippen molar-refractivity contribution in [1.29, 1.82) is 0 Å². The zero-order valence-electron chi connectivity index (χ0n) is 17.5. The number of hydrogen-bond donors (Lipinski definition) is 1. The lowest BCUT2D eigenvalue weighted by Gasteiger charge is -2.29. The van der Waals surface area contributed by atoms with Gasteiger partial charge in [-0.25, -0.2) is 0 Å². The van der Waals surface area contributed by atoms with Gasteiger partial charge in [-0.3, -0.25) is 19.8 Å². The minimum Gasteiger partial charge on any atom is -0.496 e. The van der Waals surface area contributed by atoms with Crippen molar-refractivity contribution in [2.75, 3.05) is 12.0 Å². The molecule has 0 unspecified atom stereocenters. The third kappa shape index (κ3) is 3.82. The average Bonchev–Trinajstić information content (AvgIpc) is 2.76. The summed E-state index contributed by atoms with van der Waals surface area (Å²) in [5, 5.41) is 4.57. The third-order valence-electron chi connectivity index (χ3n) is 5.36. The molecule has 1 fully saturated rings. The Morgan fingerprint density at radius 3 is 2.39 bits per heavy atom. The van der Waals surface area contributed by atoms with Crippen LogP contribution in [0.15, 0.2) is 66.2 Å². The predicted octanol–water partition coefficient (Wildman–Crippen LogP) is 4.80. The highest BCUT2D eigenvalue weighted by molar-refractivity contribution is 7.80. The molecule has 1 aliphatic heterocycles. The Hall–Kier alpha value is -3.51. The van der Waals surface area contributed by atoms with Crippen molar-refractivity contribution in [3.63, 3.8) is 0 Å². The maximum Gasteiger partial charge on any atom is 0.270 e. The maximum atomic E-state index is 13.4. The molecule has 1 saturated heterocycles. The van der Waals surface area contributed by atoms with Crippen LogP contribution < -0.4 is 15.0 Å². The van der Waals surface area contributed by atoms with Crippen molar-refractivity contribution in [1.82, 2.24) is 5.32 Å². The topological polar surface area (TPSA) is 58.6 Å². The fourth-order valence-electron chi connectivity index (χ4n) is 3.65. The maximum absolute atomic E-state index is 13.4. The van der Waals surface area contributed by atoms with E-state index in [2.05, 4.69) is 19.2 Å². The SMILES string of the molecule is COc1ccc2ccccc2c1/C=C1/C(=O)NC(=S)N(c2ccc(C(C)C)cc2)C1=O. The molecule has 0 saturated carbocycles. The number of hydrogen-bond acceptors (Lipinski definition) is 4. The van der Waals surface area contributed by atoms with Gasteiger partial charge in [0.15, 0.2) is 5.11 Å². The highest BCUT2D eigenvalue weighted by atomic mass is 32.1. The summed E-state index contributed by atoms with van der Waals surface area (Å²) in [5.41, 5.74) is 2.42. The van der Waals surface area contributed by atoms with Crippen molar-refractivity contribution >= 4 is 51.7 Å². The number of carbonyl (C=O) groups excluding carboxylic acids is 2. The van der Waals surface area contributed by atoms with Crippen LogP contribution in [0.25, 0.3) is 16.8 Å². The van der Waals surface area contributed by atoms with Gasteiger partial charge in [0.25, 0.3) is 11.8 Å². The molecule has 1 aliphatic rings. The fraction of sp³-hybridized carbons (Fsp3) is 0.160. The van der Waals surface area contributed by atoms with Crippen LogP contribution in [-0.4, -0.2) is 24.0 Å². The Bertz CT molecular complexity index is 1230. The molecule has 1 heterocycles. The molecule has 0 aromatic heterocycles. The summed E-state index contributed by atoms with van der Waals surface area (Å²) >= 11 is 5.31. The second-order valence-electron chi connectivity index (χ2n) is 7.61. The summed E-state index contributed by atoms with van der Waals surface area (Å²) in [6, 6.07) is 19.1. The molecule has 156 valence electrons. The van der Waals surface area contributed by atoms with Gasteiger partial charge in [-0.15, -0.1) is 0 Å². The van der Waals surface area contributed by atoms with E-state index in [1.54, 1.807) is 13.2 Å². The Morgan fingerprint density at radius 1 is 1.00 bits per heavy atom. The van der Waals surface area contributed by atoms with Crippen molar-refractivity contribution < 1.29 is 14.3 Å². The lowest BCUT2D eigenvalue weighted by atomic mass is 9.99. The van der Waals surface area contributed by atoms with Gasteiger partial charge >= 0.3 is 0 Å². The Morgan fingerprint density at radius 2 is 1.71 bits per heavy atom. The summed E-state index contributed by atoms with van der Waals surface area (Å²) in [5.74, 6) is -0.0547. The van der Waals surface area contributed by atoms with Gasteiger partial charge in [-0.2, -0.15) is 0 Å². The van der Waals surface area contributed by atoms with Gasteiger partial charge in [0.1, 0.15) is 11.3 Å². The third-order valence-corrected chi connectivity index (χ3v) is 5.64. The molecule has 0 atom stereocenters. The van der Waals surface area contributed by atoms with Gasteiger partial charge in [0.2, 0.25) is 0 Å². The standard InChI is InChI=1S/C25H22N2O3S/c1-15(2)16-8-11-18(12-9-16)27-24(29)21(23(28)26-25(27)31)14-20-19-7-5-4-6-17(19)10-13-22(20)30-3/h4-15H,1-3H3,(H,26,28,31)/b21-14-. The molecule has 4 rings (SSSR count). The minimum atomic E-state index is -0.528. The van der Waals surface area contributed by atoms with E-state index >= 15 is 0 Å². The Kier molecular flexibility index (Phi) is 5.57. The van der Waals surface area contributed by atoms with Crippen LogP contribution in [0, 0.1) is 0 Å². The van der Waals surface area contributed by atoms with Gasteiger partial charge < -0.3 is 4.74 Å². The van der Waals surface area contributed by atoms with Crippen LogP contribution in [0.1, 0.15) is 30.9 Å². The number of amides is 2. The molecule has 31 heavy (non-hydrogen) atoms. The zero-order chi connectivity index (χ0) is 22.1. The highest BCUT2D eigenvalue weighted by Gasteiger charge is 2.34. The molecule has 0 radical (unpaired) electrons. The number of nitrogens with zero attached hydrogens (tertiary/aromatic N) is 1. The summed E-state index contributed by atoms with van der Waals surface area (Å²) in [4.78, 5) is 27.4. The van der Waals surface area contributed by atoms with Crippen LogP contribution in [0.5, 0.6) is 5.75 Å². The number of carbonyl (C=O) groups is 2. The lowest BCUT2D eigenvalue weighted by Crippen LogP contribution is -2.54. The molecular formula is C25H22N2O3S. The van der Waals surface area contributed by atoms with Crippen molar-refractivity contribution in [2.24, 2.45) is 0 Å². The van der Waals surface area contributed by atoms with E-state index in [0.29, 0.717) is 22.9 Å². The lowest BCUT2D eigenvalue weighted by molar-refractivity contribution is -0.122. The van der Waals surface area contributed by atoms with Gasteiger partial charge in [-0.1, -0.05) is 56.3 Å². The quantitative estimate of drug-likeness (QED) is 0.367. The fourth-order valence-corrected chi connectivity index (χ4v) is 3.93. The molecule has 0 aliphatic carbocycles. The van der Waals surface area contributed by atoms with Crippen LogP contribution >= 0.6 is 12.2 Å². The first-order valence-corrected chi connectivity index (χ1v) is 10.4. The number of ether oxygens (including phenoxy) is 1. The monoisotopic (exact) mass is 430 g/mol. The Labute approximate surface area is 186 Å². The van der Waals surface area contributed by atoms with Crippen molar-refractivity contribution in [3.05, 3.63) is 77.4 Å². The van der Waals surface area contributed by atoms with Gasteiger partial charge in [0.05, 0.1) is 12.8 Å². The molecule has 0 bridgehead atoms. The number of benzene rings is 3. The normalized spacial score (nSPS) is 15.7. The van der Waals surface area contributed by atoms with E-state index in [1.165, 1.54) is 4.90 Å². The van der Waals surface area contributed by atoms with Crippen LogP contribution in [-0.2, 0) is 9.59 Å². The van der Waals surface area contributed by atoms with Gasteiger partial charge in [-0.05, 0) is 58.7 Å². The highest BCUT2D eigenvalue weighted by Crippen LogP contribution is 2.31. The molecule has 6 heteroatoms. The predicted molar refractivity (Wildman–Crippen MR) is 127 cm³/mol. The molecule has 5 nitrogen and oxygen atoms in total. The summed E-state index contributed by atoms with van der Waals surface area (Å²) in [6.45, 7) is 4.20. The zero-order valence-corrected chi connectivity index (χ0v) is 18.3. The number of anilines is 1. The number of rotatable bonds is 4. The number of nitrogens with one attached hydrogen (secondary N) is 1. The summed E-state index contributed by atoms with van der Waals surface area (Å²) in [7, 11) is 1.56. The molecule has 3 aromatic carbocycles. The van der Waals surface area contributed by atoms with E-state index in [-0.39, 0.29) is 10.7 Å². The molecule has 2 amide bonds. The van der Waals surface area contributed by atoms with Crippen LogP contribution in [0.2, 0.25) is 0 Å². The number of thiocarbonyl (C=S) groups is 1. The minimum absolute atomic E-state index is 0.00353. The van der Waals surface area contributed by atoms with E-state index < -0.39 is 11.8 Å². The van der Waals surface area contributed by atoms with Crippen molar-refractivity contribution in [3.8, 4) is 5.75 Å². The van der Waals surface area contributed by atoms with Gasteiger partial charge in [0, 0.05) is 5.56 Å². The first-order valence-electron chi connectivity index (χ1n) is 9.98. The molecule has 0 spiro atoms. The Balaban J connectivity index is 1.81. The average molecular weight is 431 g/mol. The van der Waals surface area contributed by atoms with E-state index in [1.807, 2.05) is 60.7 Å². The largest absolute Gasteiger partial charge is 0.496 e. The van der Waals surface area contributed by atoms with Crippen LogP contribution in [0.3, 0.4) is 0 Å². The molecular weight excluding hydrogens is 408 g/mol. The summed E-state index contributed by atoms with van der Waals surface area (Å²) in [6.07, 6.45) is 1.58. The van der Waals surface area contributed by atoms with E-state index in [4.69, 9.17) is 17.0 Å².